The van der Waals surface area contributed by atoms with Gasteiger partial charge < -0.3 is 8.97 Å². The zero-order valence-corrected chi connectivity index (χ0v) is 23.8. The second kappa shape index (κ2) is 7.94. The van der Waals surface area contributed by atoms with Crippen LogP contribution in [0.1, 0.15) is 0 Å². The van der Waals surface area contributed by atoms with Crippen LogP contribution in [0.3, 0.4) is 0 Å². The van der Waals surface area contributed by atoms with Crippen molar-refractivity contribution in [2.75, 3.05) is 0 Å². The Morgan fingerprint density at radius 3 is 1.82 bits per heavy atom. The second-order valence-electron chi connectivity index (χ2n) is 12.1. The Morgan fingerprint density at radius 2 is 0.955 bits per heavy atom. The van der Waals surface area contributed by atoms with Crippen LogP contribution in [0.15, 0.2) is 146 Å². The van der Waals surface area contributed by atoms with Crippen LogP contribution in [-0.4, -0.2) is 8.97 Å². The molecule has 0 aliphatic heterocycles. The topological polar surface area (TPSA) is 9.34 Å². The lowest BCUT2D eigenvalue weighted by atomic mass is 9.93. The first-order chi connectivity index (χ1) is 21.9. The molecule has 0 atom stereocenters. The van der Waals surface area contributed by atoms with Gasteiger partial charge in [-0.15, -0.1) is 0 Å². The quantitative estimate of drug-likeness (QED) is 0.187. The Hall–Kier alpha value is -5.86. The van der Waals surface area contributed by atoms with E-state index in [1.807, 2.05) is 0 Å². The lowest BCUT2D eigenvalue weighted by molar-refractivity contribution is 1.18. The van der Waals surface area contributed by atoms with E-state index in [2.05, 4.69) is 155 Å². The average molecular weight is 557 g/mol. The van der Waals surface area contributed by atoms with Crippen LogP contribution < -0.4 is 0 Å². The van der Waals surface area contributed by atoms with E-state index in [-0.39, 0.29) is 0 Å². The minimum Gasteiger partial charge on any atom is -0.309 e. The molecule has 0 spiro atoms. The van der Waals surface area contributed by atoms with Crippen LogP contribution in [0.5, 0.6) is 0 Å². The molecule has 11 rings (SSSR count). The van der Waals surface area contributed by atoms with Crippen molar-refractivity contribution < 1.29 is 0 Å². The van der Waals surface area contributed by atoms with E-state index in [1.165, 1.54) is 98.3 Å². The van der Waals surface area contributed by atoms with Gasteiger partial charge in [0.25, 0.3) is 0 Å². The molecule has 2 heteroatoms. The van der Waals surface area contributed by atoms with Gasteiger partial charge in [0.15, 0.2) is 0 Å². The monoisotopic (exact) mass is 556 g/mol. The van der Waals surface area contributed by atoms with E-state index in [9.17, 15) is 0 Å². The third kappa shape index (κ3) is 2.63. The summed E-state index contributed by atoms with van der Waals surface area (Å²) in [6.07, 6.45) is 0. The molecule has 3 heterocycles. The van der Waals surface area contributed by atoms with Crippen molar-refractivity contribution in [1.82, 2.24) is 8.97 Å². The fourth-order valence-electron chi connectivity index (χ4n) is 8.27. The molecule has 0 saturated carbocycles. The first-order valence-electron chi connectivity index (χ1n) is 15.3. The molecule has 0 aliphatic rings. The normalized spacial score (nSPS) is 12.5. The summed E-state index contributed by atoms with van der Waals surface area (Å²) in [5.74, 6) is 0. The van der Waals surface area contributed by atoms with Gasteiger partial charge in [0, 0.05) is 43.6 Å². The maximum Gasteiger partial charge on any atom is 0.0627 e. The molecule has 44 heavy (non-hydrogen) atoms. The van der Waals surface area contributed by atoms with Crippen molar-refractivity contribution >= 4 is 81.4 Å². The zero-order valence-electron chi connectivity index (χ0n) is 23.8. The molecular weight excluding hydrogens is 532 g/mol. The van der Waals surface area contributed by atoms with Gasteiger partial charge in [-0.2, -0.15) is 0 Å². The summed E-state index contributed by atoms with van der Waals surface area (Å²) in [5, 5.41) is 13.3. The van der Waals surface area contributed by atoms with E-state index in [4.69, 9.17) is 0 Å². The zero-order chi connectivity index (χ0) is 28.5. The van der Waals surface area contributed by atoms with Crippen molar-refractivity contribution in [2.45, 2.75) is 0 Å². The molecule has 0 aliphatic carbocycles. The summed E-state index contributed by atoms with van der Waals surface area (Å²) in [7, 11) is 0. The Kier molecular flexibility index (Phi) is 4.10. The summed E-state index contributed by atoms with van der Waals surface area (Å²) in [6.45, 7) is 0. The molecule has 0 unspecified atom stereocenters. The highest BCUT2D eigenvalue weighted by Crippen LogP contribution is 2.48. The molecule has 0 saturated heterocycles. The Morgan fingerprint density at radius 1 is 0.341 bits per heavy atom. The van der Waals surface area contributed by atoms with E-state index in [1.54, 1.807) is 0 Å². The van der Waals surface area contributed by atoms with Crippen molar-refractivity contribution in [3.05, 3.63) is 146 Å². The average Bonchev–Trinajstić information content (AvgIpc) is 3.73. The van der Waals surface area contributed by atoms with Crippen molar-refractivity contribution in [3.63, 3.8) is 0 Å². The number of hydrogen-bond donors (Lipinski definition) is 0. The third-order valence-corrected chi connectivity index (χ3v) is 9.99. The highest BCUT2D eigenvalue weighted by molar-refractivity contribution is 6.39. The second-order valence-corrected chi connectivity index (χ2v) is 12.1. The van der Waals surface area contributed by atoms with Gasteiger partial charge in [-0.3, -0.25) is 0 Å². The largest absolute Gasteiger partial charge is 0.309 e. The number of fused-ring (bicyclic) bond motifs is 10. The van der Waals surface area contributed by atoms with Crippen molar-refractivity contribution in [3.8, 4) is 16.8 Å². The summed E-state index contributed by atoms with van der Waals surface area (Å²) in [6, 6.07) is 53.7. The standard InChI is InChI=1S/C42H24N2/c1-2-10-26(11-3-1)43-36-18-7-6-14-30(36)35-24-25(20-23-37(35)43)27-15-8-17-33-34-22-21-32-29-13-5-4-12-28(29)31-16-9-19-38-39(31)40(32)42(34)44(38)41(27)33/h1-24H. The molecule has 2 nitrogen and oxygen atoms in total. The summed E-state index contributed by atoms with van der Waals surface area (Å²) in [5.41, 5.74) is 10.0. The van der Waals surface area contributed by atoms with Crippen molar-refractivity contribution in [1.29, 1.82) is 0 Å². The Bertz CT molecular complexity index is 2920. The van der Waals surface area contributed by atoms with Gasteiger partial charge in [0.1, 0.15) is 0 Å². The number of nitrogens with zero attached hydrogens (tertiary/aromatic N) is 2. The van der Waals surface area contributed by atoms with Crippen LogP contribution in [-0.2, 0) is 0 Å². The summed E-state index contributed by atoms with van der Waals surface area (Å²) in [4.78, 5) is 0. The minimum absolute atomic E-state index is 1.18. The van der Waals surface area contributed by atoms with Gasteiger partial charge in [0.05, 0.1) is 27.6 Å². The third-order valence-electron chi connectivity index (χ3n) is 9.99. The SMILES string of the molecule is c1ccc(-n2c3ccccc3c3cc(-c4cccc5c6ccc7c8ccccc8c8cccc9c8c7c6n9c45)ccc32)cc1. The van der Waals surface area contributed by atoms with E-state index in [0.717, 1.165) is 0 Å². The molecule has 0 bridgehead atoms. The van der Waals surface area contributed by atoms with Crippen LogP contribution in [0.25, 0.3) is 98.3 Å². The number of rotatable bonds is 2. The maximum atomic E-state index is 2.56. The maximum absolute atomic E-state index is 2.56. The fraction of sp³-hybridized carbons (Fsp3) is 0. The number of aromatic nitrogens is 2. The number of para-hydroxylation sites is 3. The van der Waals surface area contributed by atoms with Crippen LogP contribution in [0.4, 0.5) is 0 Å². The molecule has 202 valence electrons. The molecule has 3 aromatic heterocycles. The Labute approximate surface area is 252 Å². The summed E-state index contributed by atoms with van der Waals surface area (Å²) >= 11 is 0. The van der Waals surface area contributed by atoms with E-state index < -0.39 is 0 Å². The van der Waals surface area contributed by atoms with Crippen LogP contribution >= 0.6 is 0 Å². The van der Waals surface area contributed by atoms with E-state index in [0.29, 0.717) is 0 Å². The highest BCUT2D eigenvalue weighted by Gasteiger charge is 2.24. The molecule has 0 radical (unpaired) electrons. The first kappa shape index (κ1) is 22.7. The lowest BCUT2D eigenvalue weighted by Crippen LogP contribution is -1.93. The molecule has 8 aromatic carbocycles. The minimum atomic E-state index is 1.18. The first-order valence-corrected chi connectivity index (χ1v) is 15.3. The predicted molar refractivity (Wildman–Crippen MR) is 187 cm³/mol. The smallest absolute Gasteiger partial charge is 0.0627 e. The van der Waals surface area contributed by atoms with Crippen LogP contribution in [0.2, 0.25) is 0 Å². The lowest BCUT2D eigenvalue weighted by Gasteiger charge is -2.10. The molecular formula is C42H24N2. The molecule has 11 aromatic rings. The van der Waals surface area contributed by atoms with Gasteiger partial charge in [-0.05, 0) is 63.5 Å². The fourth-order valence-corrected chi connectivity index (χ4v) is 8.27. The van der Waals surface area contributed by atoms with Gasteiger partial charge in [-0.25, -0.2) is 0 Å². The van der Waals surface area contributed by atoms with Gasteiger partial charge in [0.2, 0.25) is 0 Å². The number of hydrogen-bond acceptors (Lipinski definition) is 0. The molecule has 0 N–H and O–H groups in total. The van der Waals surface area contributed by atoms with E-state index >= 15 is 0 Å². The van der Waals surface area contributed by atoms with Crippen molar-refractivity contribution in [2.24, 2.45) is 0 Å². The van der Waals surface area contributed by atoms with Gasteiger partial charge >= 0.3 is 0 Å². The molecule has 0 fully saturated rings. The van der Waals surface area contributed by atoms with Gasteiger partial charge in [-0.1, -0.05) is 109 Å². The highest BCUT2D eigenvalue weighted by atomic mass is 15.0. The molecule has 0 amide bonds. The predicted octanol–water partition coefficient (Wildman–Crippen LogP) is 11.3. The number of benzene rings is 8. The summed E-state index contributed by atoms with van der Waals surface area (Å²) < 4.78 is 4.94. The van der Waals surface area contributed by atoms with Crippen LogP contribution in [0, 0.1) is 0 Å². The Balaban J connectivity index is 1.29.